The predicted octanol–water partition coefficient (Wildman–Crippen LogP) is 3.06. The molecule has 1 aliphatic rings. The highest BCUT2D eigenvalue weighted by Crippen LogP contribution is 2.34. The van der Waals surface area contributed by atoms with E-state index in [1.165, 1.54) is 28.6 Å². The van der Waals surface area contributed by atoms with E-state index >= 15 is 0 Å². The number of nitrogens with zero attached hydrogens (tertiary/aromatic N) is 2. The van der Waals surface area contributed by atoms with Crippen LogP contribution in [0.15, 0.2) is 53.4 Å². The minimum Gasteiger partial charge on any atom is -0.369 e. The first kappa shape index (κ1) is 20.3. The van der Waals surface area contributed by atoms with Crippen molar-refractivity contribution in [3.05, 3.63) is 64.7 Å². The summed E-state index contributed by atoms with van der Waals surface area (Å²) in [4.78, 5) is 12.0. The summed E-state index contributed by atoms with van der Waals surface area (Å²) in [6.07, 6.45) is 1.87. The fourth-order valence-corrected chi connectivity index (χ4v) is 5.41. The molecule has 0 aliphatic heterocycles. The van der Waals surface area contributed by atoms with Crippen LogP contribution in [-0.2, 0) is 21.4 Å². The van der Waals surface area contributed by atoms with Crippen molar-refractivity contribution in [2.75, 3.05) is 0 Å². The van der Waals surface area contributed by atoms with Gasteiger partial charge >= 0.3 is 0 Å². The summed E-state index contributed by atoms with van der Waals surface area (Å²) in [5.41, 5.74) is 6.77. The van der Waals surface area contributed by atoms with Crippen molar-refractivity contribution in [1.82, 2.24) is 4.31 Å². The second-order valence-corrected chi connectivity index (χ2v) is 9.15. The minimum absolute atomic E-state index is 0.0884. The van der Waals surface area contributed by atoms with Crippen LogP contribution in [0.3, 0.4) is 0 Å². The monoisotopic (exact) mass is 417 g/mol. The highest BCUT2D eigenvalue weighted by Gasteiger charge is 2.41. The summed E-state index contributed by atoms with van der Waals surface area (Å²) in [6.45, 7) is 0.0884. The fraction of sp³-hybridized carbons (Fsp3) is 0.300. The van der Waals surface area contributed by atoms with Gasteiger partial charge in [0.25, 0.3) is 0 Å². The predicted molar refractivity (Wildman–Crippen MR) is 106 cm³/mol. The molecule has 2 aromatic rings. The molecule has 0 heterocycles. The van der Waals surface area contributed by atoms with E-state index in [9.17, 15) is 13.2 Å². The molecule has 0 aromatic heterocycles. The summed E-state index contributed by atoms with van der Waals surface area (Å²) in [7, 11) is -3.88. The van der Waals surface area contributed by atoms with Gasteiger partial charge in [0.15, 0.2) is 0 Å². The molecular weight excluding hydrogens is 398 g/mol. The number of primary amides is 1. The summed E-state index contributed by atoms with van der Waals surface area (Å²) < 4.78 is 28.2. The zero-order valence-electron chi connectivity index (χ0n) is 15.1. The number of rotatable bonds is 6. The molecule has 0 bridgehead atoms. The van der Waals surface area contributed by atoms with Crippen molar-refractivity contribution in [3.63, 3.8) is 0 Å². The van der Waals surface area contributed by atoms with E-state index in [0.29, 0.717) is 23.4 Å². The summed E-state index contributed by atoms with van der Waals surface area (Å²) in [5, 5.41) is 9.40. The first-order chi connectivity index (χ1) is 13.3. The highest BCUT2D eigenvalue weighted by molar-refractivity contribution is 7.89. The lowest BCUT2D eigenvalue weighted by atomic mass is 10.0. The van der Waals surface area contributed by atoms with Crippen LogP contribution < -0.4 is 5.73 Å². The number of nitrogens with two attached hydrogens (primary N) is 1. The maximum Gasteiger partial charge on any atom is 0.243 e. The van der Waals surface area contributed by atoms with Gasteiger partial charge in [0.2, 0.25) is 15.9 Å². The first-order valence-corrected chi connectivity index (χ1v) is 10.7. The third-order valence-electron chi connectivity index (χ3n) is 5.06. The van der Waals surface area contributed by atoms with Gasteiger partial charge in [-0.3, -0.25) is 4.79 Å². The smallest absolute Gasteiger partial charge is 0.243 e. The zero-order chi connectivity index (χ0) is 20.3. The van der Waals surface area contributed by atoms with Crippen LogP contribution in [0, 0.1) is 17.2 Å². The standard InChI is InChI=1S/C20H20ClN3O3S/c21-16-8-10-17(11-9-16)28(26,27)24(19-3-1-2-18(19)20(23)25)13-15-6-4-14(12-22)5-7-15/h4-11,18-19H,1-3,13H2,(H2,23,25). The Labute approximate surface area is 169 Å². The van der Waals surface area contributed by atoms with Crippen LogP contribution in [0.25, 0.3) is 0 Å². The molecule has 8 heteroatoms. The van der Waals surface area contributed by atoms with E-state index in [-0.39, 0.29) is 11.4 Å². The zero-order valence-corrected chi connectivity index (χ0v) is 16.7. The lowest BCUT2D eigenvalue weighted by Crippen LogP contribution is -2.45. The molecule has 2 aromatic carbocycles. The number of hydrogen-bond acceptors (Lipinski definition) is 4. The molecular formula is C20H20ClN3O3S. The summed E-state index contributed by atoms with van der Waals surface area (Å²) in [6, 6.07) is 14.2. The van der Waals surface area contributed by atoms with E-state index in [1.807, 2.05) is 6.07 Å². The van der Waals surface area contributed by atoms with Gasteiger partial charge in [0.05, 0.1) is 22.4 Å². The van der Waals surface area contributed by atoms with Gasteiger partial charge in [0, 0.05) is 17.6 Å². The third kappa shape index (κ3) is 4.20. The van der Waals surface area contributed by atoms with Crippen molar-refractivity contribution < 1.29 is 13.2 Å². The van der Waals surface area contributed by atoms with Crippen LogP contribution in [0.2, 0.25) is 5.02 Å². The molecule has 28 heavy (non-hydrogen) atoms. The molecule has 1 saturated carbocycles. The van der Waals surface area contributed by atoms with E-state index in [1.54, 1.807) is 24.3 Å². The van der Waals surface area contributed by atoms with Crippen LogP contribution >= 0.6 is 11.6 Å². The Morgan fingerprint density at radius 2 is 1.79 bits per heavy atom. The largest absolute Gasteiger partial charge is 0.369 e. The minimum atomic E-state index is -3.88. The molecule has 2 atom stereocenters. The Balaban J connectivity index is 2.01. The van der Waals surface area contributed by atoms with E-state index in [0.717, 1.165) is 12.0 Å². The number of benzene rings is 2. The second kappa shape index (κ2) is 8.31. The van der Waals surface area contributed by atoms with Crippen LogP contribution in [0.4, 0.5) is 0 Å². The fourth-order valence-electron chi connectivity index (χ4n) is 3.60. The molecule has 2 N–H and O–H groups in total. The average molecular weight is 418 g/mol. The number of carbonyl (C=O) groups excluding carboxylic acids is 1. The number of amides is 1. The highest BCUT2D eigenvalue weighted by atomic mass is 35.5. The van der Waals surface area contributed by atoms with E-state index < -0.39 is 27.9 Å². The van der Waals surface area contributed by atoms with Crippen molar-refractivity contribution in [1.29, 1.82) is 5.26 Å². The van der Waals surface area contributed by atoms with Crippen LogP contribution in [0.5, 0.6) is 0 Å². The van der Waals surface area contributed by atoms with Gasteiger partial charge in [-0.15, -0.1) is 0 Å². The quantitative estimate of drug-likeness (QED) is 0.779. The molecule has 1 fully saturated rings. The third-order valence-corrected chi connectivity index (χ3v) is 7.19. The van der Waals surface area contributed by atoms with Gasteiger partial charge in [-0.2, -0.15) is 9.57 Å². The van der Waals surface area contributed by atoms with Crippen molar-refractivity contribution in [3.8, 4) is 6.07 Å². The lowest BCUT2D eigenvalue weighted by molar-refractivity contribution is -0.122. The molecule has 1 aliphatic carbocycles. The number of halogens is 1. The summed E-state index contributed by atoms with van der Waals surface area (Å²) >= 11 is 5.90. The molecule has 0 spiro atoms. The Morgan fingerprint density at radius 1 is 1.14 bits per heavy atom. The lowest BCUT2D eigenvalue weighted by Gasteiger charge is -2.31. The normalized spacial score (nSPS) is 19.5. The Hall–Kier alpha value is -2.40. The van der Waals surface area contributed by atoms with Gasteiger partial charge in [0.1, 0.15) is 0 Å². The van der Waals surface area contributed by atoms with Crippen LogP contribution in [0.1, 0.15) is 30.4 Å². The van der Waals surface area contributed by atoms with Gasteiger partial charge in [-0.25, -0.2) is 8.42 Å². The number of carbonyl (C=O) groups is 1. The maximum absolute atomic E-state index is 13.4. The molecule has 1 amide bonds. The van der Waals surface area contributed by atoms with Crippen molar-refractivity contribution in [2.24, 2.45) is 11.7 Å². The van der Waals surface area contributed by atoms with Crippen molar-refractivity contribution in [2.45, 2.75) is 36.7 Å². The molecule has 3 rings (SSSR count). The van der Waals surface area contributed by atoms with Crippen LogP contribution in [-0.4, -0.2) is 24.7 Å². The molecule has 2 unspecified atom stereocenters. The van der Waals surface area contributed by atoms with Gasteiger partial charge in [-0.1, -0.05) is 30.2 Å². The van der Waals surface area contributed by atoms with E-state index in [2.05, 4.69) is 0 Å². The summed E-state index contributed by atoms with van der Waals surface area (Å²) in [5.74, 6) is -1.01. The molecule has 6 nitrogen and oxygen atoms in total. The Bertz CT molecular complexity index is 998. The number of hydrogen-bond donors (Lipinski definition) is 1. The molecule has 146 valence electrons. The SMILES string of the molecule is N#Cc1ccc(CN(C2CCCC2C(N)=O)S(=O)(=O)c2ccc(Cl)cc2)cc1. The van der Waals surface area contributed by atoms with Gasteiger partial charge in [-0.05, 0) is 54.8 Å². The average Bonchev–Trinajstić information content (AvgIpc) is 3.16. The van der Waals surface area contributed by atoms with Crippen molar-refractivity contribution >= 4 is 27.5 Å². The number of nitriles is 1. The Kier molecular flexibility index (Phi) is 6.04. The number of sulfonamides is 1. The maximum atomic E-state index is 13.4. The molecule has 0 saturated heterocycles. The second-order valence-electron chi connectivity index (χ2n) is 6.82. The van der Waals surface area contributed by atoms with E-state index in [4.69, 9.17) is 22.6 Å². The van der Waals surface area contributed by atoms with Gasteiger partial charge < -0.3 is 5.73 Å². The molecule has 0 radical (unpaired) electrons. The topological polar surface area (TPSA) is 104 Å². The Morgan fingerprint density at radius 3 is 2.36 bits per heavy atom. The first-order valence-electron chi connectivity index (χ1n) is 8.88.